The highest BCUT2D eigenvalue weighted by Crippen LogP contribution is 2.26. The molecule has 0 bridgehead atoms. The molecule has 0 aliphatic heterocycles. The van der Waals surface area contributed by atoms with Crippen molar-refractivity contribution in [1.29, 1.82) is 0 Å². The van der Waals surface area contributed by atoms with E-state index in [9.17, 15) is 0 Å². The normalized spacial score (nSPS) is 10.7. The first-order chi connectivity index (χ1) is 8.83. The van der Waals surface area contributed by atoms with Gasteiger partial charge in [0.05, 0.1) is 0 Å². The summed E-state index contributed by atoms with van der Waals surface area (Å²) < 4.78 is 8.35. The Morgan fingerprint density at radius 2 is 1.94 bits per heavy atom. The van der Waals surface area contributed by atoms with Crippen LogP contribution in [0, 0.1) is 3.57 Å². The molecule has 1 nitrogen and oxygen atoms in total. The summed E-state index contributed by atoms with van der Waals surface area (Å²) >= 11 is 4.07. The minimum absolute atomic E-state index is 0.629. The highest BCUT2D eigenvalue weighted by Gasteiger charge is 2.04. The molecule has 0 atom stereocenters. The number of hydrogen-bond donors (Lipinski definition) is 0. The van der Waals surface area contributed by atoms with Crippen LogP contribution in [0.5, 0.6) is 5.75 Å². The van der Waals surface area contributed by atoms with Gasteiger partial charge in [-0.25, -0.2) is 0 Å². The zero-order valence-electron chi connectivity index (χ0n) is 9.60. The Bertz CT molecular complexity index is 675. The van der Waals surface area contributed by atoms with Crippen molar-refractivity contribution in [2.75, 3.05) is 0 Å². The summed E-state index contributed by atoms with van der Waals surface area (Å²) in [6.07, 6.45) is 0. The monoisotopic (exact) mass is 366 g/mol. The number of fused-ring (bicyclic) bond motifs is 1. The average molecular weight is 366 g/mol. The Kier molecular flexibility index (Phi) is 3.52. The second-order valence-corrected chi connectivity index (χ2v) is 6.16. The maximum absolute atomic E-state index is 5.84. The smallest absolute Gasteiger partial charge is 0.120 e. The Balaban J connectivity index is 1.81. The summed E-state index contributed by atoms with van der Waals surface area (Å²) in [5, 5.41) is 3.48. The molecule has 3 rings (SSSR count). The van der Waals surface area contributed by atoms with Gasteiger partial charge in [0.15, 0.2) is 0 Å². The largest absolute Gasteiger partial charge is 0.489 e. The first-order valence-corrected chi connectivity index (χ1v) is 7.62. The van der Waals surface area contributed by atoms with Crippen LogP contribution in [0.25, 0.3) is 10.1 Å². The number of halogens is 1. The summed E-state index contributed by atoms with van der Waals surface area (Å²) in [6.45, 7) is 0.629. The van der Waals surface area contributed by atoms with Gasteiger partial charge in [-0.15, -0.1) is 11.3 Å². The van der Waals surface area contributed by atoms with E-state index >= 15 is 0 Å². The molecule has 90 valence electrons. The molecule has 0 saturated heterocycles. The number of rotatable bonds is 3. The Morgan fingerprint density at radius 3 is 2.83 bits per heavy atom. The van der Waals surface area contributed by atoms with E-state index in [-0.39, 0.29) is 0 Å². The third-order valence-corrected chi connectivity index (χ3v) is 4.43. The fourth-order valence-electron chi connectivity index (χ4n) is 1.86. The minimum Gasteiger partial charge on any atom is -0.489 e. The summed E-state index contributed by atoms with van der Waals surface area (Å²) in [5.74, 6) is 0.928. The number of thiophene rings is 1. The van der Waals surface area contributed by atoms with Gasteiger partial charge in [0.1, 0.15) is 12.4 Å². The van der Waals surface area contributed by atoms with Crippen LogP contribution in [-0.2, 0) is 6.61 Å². The summed E-state index contributed by atoms with van der Waals surface area (Å²) in [5.41, 5.74) is 1.26. The zero-order valence-corrected chi connectivity index (χ0v) is 12.6. The maximum Gasteiger partial charge on any atom is 0.120 e. The predicted octanol–water partition coefficient (Wildman–Crippen LogP) is 5.08. The zero-order chi connectivity index (χ0) is 12.4. The summed E-state index contributed by atoms with van der Waals surface area (Å²) in [4.78, 5) is 0. The molecule has 0 fully saturated rings. The summed E-state index contributed by atoms with van der Waals surface area (Å²) in [6, 6.07) is 16.6. The van der Waals surface area contributed by atoms with Crippen LogP contribution in [0.2, 0.25) is 0 Å². The van der Waals surface area contributed by atoms with Gasteiger partial charge in [-0.3, -0.25) is 0 Å². The molecule has 0 unspecified atom stereocenters. The van der Waals surface area contributed by atoms with E-state index in [4.69, 9.17) is 4.74 Å². The van der Waals surface area contributed by atoms with Crippen molar-refractivity contribution >= 4 is 44.0 Å². The van der Waals surface area contributed by atoms with Gasteiger partial charge >= 0.3 is 0 Å². The van der Waals surface area contributed by atoms with Gasteiger partial charge < -0.3 is 4.74 Å². The van der Waals surface area contributed by atoms with Gasteiger partial charge in [-0.2, -0.15) is 0 Å². The average Bonchev–Trinajstić information content (AvgIpc) is 2.80. The SMILES string of the molecule is Ic1cccc(OCc2csc3ccccc23)c1. The molecule has 0 spiro atoms. The highest BCUT2D eigenvalue weighted by atomic mass is 127. The van der Waals surface area contributed by atoms with E-state index in [1.165, 1.54) is 19.2 Å². The molecule has 18 heavy (non-hydrogen) atoms. The van der Waals surface area contributed by atoms with Crippen molar-refractivity contribution in [3.8, 4) is 5.75 Å². The molecule has 0 N–H and O–H groups in total. The van der Waals surface area contributed by atoms with E-state index in [1.807, 2.05) is 12.1 Å². The van der Waals surface area contributed by atoms with Gasteiger partial charge in [-0.1, -0.05) is 24.3 Å². The van der Waals surface area contributed by atoms with Crippen LogP contribution in [0.15, 0.2) is 53.9 Å². The second kappa shape index (κ2) is 5.28. The fourth-order valence-corrected chi connectivity index (χ4v) is 3.32. The second-order valence-electron chi connectivity index (χ2n) is 4.00. The lowest BCUT2D eigenvalue weighted by Crippen LogP contribution is -1.94. The quantitative estimate of drug-likeness (QED) is 0.587. The first kappa shape index (κ1) is 12.0. The number of hydrogen-bond acceptors (Lipinski definition) is 2. The topological polar surface area (TPSA) is 9.23 Å². The molecule has 1 heterocycles. The molecule has 2 aromatic carbocycles. The van der Waals surface area contributed by atoms with Crippen molar-refractivity contribution in [2.24, 2.45) is 0 Å². The Hall–Kier alpha value is -1.07. The molecule has 3 heteroatoms. The Morgan fingerprint density at radius 1 is 1.06 bits per heavy atom. The number of ether oxygens (including phenoxy) is 1. The van der Waals surface area contributed by atoms with Crippen LogP contribution in [0.3, 0.4) is 0 Å². The van der Waals surface area contributed by atoms with Crippen molar-refractivity contribution in [2.45, 2.75) is 6.61 Å². The van der Waals surface area contributed by atoms with Crippen LogP contribution >= 0.6 is 33.9 Å². The lowest BCUT2D eigenvalue weighted by atomic mass is 10.2. The highest BCUT2D eigenvalue weighted by molar-refractivity contribution is 14.1. The van der Waals surface area contributed by atoms with Crippen LogP contribution in [0.1, 0.15) is 5.56 Å². The summed E-state index contributed by atoms with van der Waals surface area (Å²) in [7, 11) is 0. The molecule has 0 radical (unpaired) electrons. The predicted molar refractivity (Wildman–Crippen MR) is 85.3 cm³/mol. The minimum atomic E-state index is 0.629. The van der Waals surface area contributed by atoms with Gasteiger partial charge in [0.25, 0.3) is 0 Å². The molecular weight excluding hydrogens is 355 g/mol. The van der Waals surface area contributed by atoms with Crippen LogP contribution in [0.4, 0.5) is 0 Å². The molecular formula is C15H11IOS. The number of benzene rings is 2. The molecule has 0 aliphatic rings. The molecule has 1 aromatic heterocycles. The van der Waals surface area contributed by atoms with Crippen molar-refractivity contribution in [3.63, 3.8) is 0 Å². The van der Waals surface area contributed by atoms with E-state index in [1.54, 1.807) is 11.3 Å². The lowest BCUT2D eigenvalue weighted by Gasteiger charge is -2.05. The molecule has 0 saturated carbocycles. The van der Waals surface area contributed by atoms with Crippen LogP contribution in [-0.4, -0.2) is 0 Å². The van der Waals surface area contributed by atoms with E-state index in [0.717, 1.165) is 5.75 Å². The van der Waals surface area contributed by atoms with Crippen molar-refractivity contribution < 1.29 is 4.74 Å². The maximum atomic E-state index is 5.84. The standard InChI is InChI=1S/C15H11IOS/c16-12-4-3-5-13(8-12)17-9-11-10-18-15-7-2-1-6-14(11)15/h1-8,10H,9H2. The Labute approximate surface area is 124 Å². The van der Waals surface area contributed by atoms with Gasteiger partial charge in [0.2, 0.25) is 0 Å². The van der Waals surface area contributed by atoms with E-state index in [2.05, 4.69) is 64.4 Å². The van der Waals surface area contributed by atoms with Gasteiger partial charge in [-0.05, 0) is 57.6 Å². The van der Waals surface area contributed by atoms with E-state index in [0.29, 0.717) is 6.61 Å². The van der Waals surface area contributed by atoms with Crippen molar-refractivity contribution in [1.82, 2.24) is 0 Å². The van der Waals surface area contributed by atoms with Crippen LogP contribution < -0.4 is 4.74 Å². The first-order valence-electron chi connectivity index (χ1n) is 5.66. The molecule has 3 aromatic rings. The van der Waals surface area contributed by atoms with Crippen molar-refractivity contribution in [3.05, 3.63) is 63.0 Å². The fraction of sp³-hybridized carbons (Fsp3) is 0.0667. The third kappa shape index (κ3) is 2.52. The molecule has 0 amide bonds. The third-order valence-electron chi connectivity index (χ3n) is 2.75. The molecule has 0 aliphatic carbocycles. The lowest BCUT2D eigenvalue weighted by molar-refractivity contribution is 0.308. The van der Waals surface area contributed by atoms with E-state index < -0.39 is 0 Å². The van der Waals surface area contributed by atoms with Gasteiger partial charge in [0, 0.05) is 13.8 Å².